The van der Waals surface area contributed by atoms with Gasteiger partial charge < -0.3 is 10.6 Å². The van der Waals surface area contributed by atoms with E-state index in [2.05, 4.69) is 38.7 Å². The van der Waals surface area contributed by atoms with Crippen molar-refractivity contribution in [1.82, 2.24) is 9.97 Å². The maximum Gasteiger partial charge on any atom is 0.158 e. The average Bonchev–Trinajstić information content (AvgIpc) is 2.60. The second kappa shape index (κ2) is 7.61. The Morgan fingerprint density at radius 2 is 2.08 bits per heavy atom. The molecule has 1 aromatic carbocycles. The summed E-state index contributed by atoms with van der Waals surface area (Å²) in [5, 5.41) is 4.53. The van der Waals surface area contributed by atoms with Crippen LogP contribution in [0.25, 0.3) is 10.4 Å². The van der Waals surface area contributed by atoms with Crippen LogP contribution in [0.5, 0.6) is 0 Å². The molecular formula is C17H20ClN7S. The van der Waals surface area contributed by atoms with Gasteiger partial charge in [-0.05, 0) is 29.9 Å². The molecule has 0 bridgehead atoms. The van der Waals surface area contributed by atoms with Crippen LogP contribution in [0, 0.1) is 5.41 Å². The fourth-order valence-corrected chi connectivity index (χ4v) is 3.85. The van der Waals surface area contributed by atoms with Gasteiger partial charge in [-0.3, -0.25) is 0 Å². The second-order valence-corrected chi connectivity index (χ2v) is 8.36. The molecule has 1 saturated heterocycles. The van der Waals surface area contributed by atoms with Crippen LogP contribution in [-0.4, -0.2) is 23.1 Å². The summed E-state index contributed by atoms with van der Waals surface area (Å²) in [5.41, 5.74) is 15.5. The van der Waals surface area contributed by atoms with Gasteiger partial charge in [0.15, 0.2) is 5.82 Å². The van der Waals surface area contributed by atoms with Gasteiger partial charge in [0.2, 0.25) is 0 Å². The Hall–Kier alpha value is -2.15. The van der Waals surface area contributed by atoms with Crippen molar-refractivity contribution >= 4 is 40.7 Å². The van der Waals surface area contributed by atoms with Crippen LogP contribution in [0.3, 0.4) is 0 Å². The van der Waals surface area contributed by atoms with Crippen molar-refractivity contribution in [3.8, 4) is 0 Å². The first-order valence-corrected chi connectivity index (χ1v) is 9.48. The Balaban J connectivity index is 1.79. The lowest BCUT2D eigenvalue weighted by Gasteiger charge is -2.37. The number of nitrogens with two attached hydrogens (primary N) is 1. The number of hydrogen-bond donors (Lipinski definition) is 1. The van der Waals surface area contributed by atoms with Crippen LogP contribution < -0.4 is 10.6 Å². The predicted molar refractivity (Wildman–Crippen MR) is 106 cm³/mol. The summed E-state index contributed by atoms with van der Waals surface area (Å²) in [7, 11) is 0. The molecule has 2 N–H and O–H groups in total. The van der Waals surface area contributed by atoms with Crippen molar-refractivity contribution in [1.29, 1.82) is 0 Å². The molecular weight excluding hydrogens is 370 g/mol. The molecule has 9 heteroatoms. The van der Waals surface area contributed by atoms with Gasteiger partial charge in [0, 0.05) is 22.9 Å². The Labute approximate surface area is 161 Å². The second-order valence-electron chi connectivity index (χ2n) is 6.95. The summed E-state index contributed by atoms with van der Waals surface area (Å²) in [4.78, 5) is 14.7. The minimum Gasteiger partial charge on any atom is -0.381 e. The first-order valence-electron chi connectivity index (χ1n) is 8.28. The average molecular weight is 390 g/mol. The lowest BCUT2D eigenvalue weighted by Crippen LogP contribution is -2.37. The van der Waals surface area contributed by atoms with Crippen LogP contribution in [0.4, 0.5) is 17.3 Å². The zero-order valence-electron chi connectivity index (χ0n) is 14.7. The van der Waals surface area contributed by atoms with Crippen molar-refractivity contribution in [2.45, 2.75) is 36.6 Å². The van der Waals surface area contributed by atoms with Crippen molar-refractivity contribution in [2.75, 3.05) is 23.7 Å². The van der Waals surface area contributed by atoms with Gasteiger partial charge in [0.05, 0.1) is 16.9 Å². The molecule has 0 radical (unpaired) electrons. The first-order chi connectivity index (χ1) is 12.4. The van der Waals surface area contributed by atoms with Crippen molar-refractivity contribution < 1.29 is 0 Å². The highest BCUT2D eigenvalue weighted by Crippen LogP contribution is 2.40. The largest absolute Gasteiger partial charge is 0.381 e. The van der Waals surface area contributed by atoms with Crippen LogP contribution >= 0.6 is 23.4 Å². The number of nitrogen functional groups attached to an aromatic ring is 1. The topological polar surface area (TPSA) is 104 Å². The third kappa shape index (κ3) is 4.15. The van der Waals surface area contributed by atoms with Gasteiger partial charge in [-0.2, -0.15) is 0 Å². The molecule has 0 saturated carbocycles. The van der Waals surface area contributed by atoms with E-state index in [9.17, 15) is 0 Å². The van der Waals surface area contributed by atoms with Crippen molar-refractivity contribution in [3.63, 3.8) is 0 Å². The fourth-order valence-electron chi connectivity index (χ4n) is 2.76. The van der Waals surface area contributed by atoms with E-state index in [1.807, 2.05) is 6.07 Å². The molecule has 7 nitrogen and oxygen atoms in total. The van der Waals surface area contributed by atoms with E-state index < -0.39 is 0 Å². The number of piperidine rings is 1. The van der Waals surface area contributed by atoms with Crippen LogP contribution in [0.15, 0.2) is 39.4 Å². The monoisotopic (exact) mass is 389 g/mol. The van der Waals surface area contributed by atoms with Gasteiger partial charge >= 0.3 is 0 Å². The molecule has 0 atom stereocenters. The molecule has 3 rings (SSSR count). The van der Waals surface area contributed by atoms with Gasteiger partial charge in [-0.25, -0.2) is 9.97 Å². The number of benzene rings is 1. The summed E-state index contributed by atoms with van der Waals surface area (Å²) < 4.78 is 0. The minimum atomic E-state index is 0.364. The number of halogens is 1. The van der Waals surface area contributed by atoms with E-state index in [1.54, 1.807) is 18.3 Å². The fraction of sp³-hybridized carbons (Fsp3) is 0.412. The van der Waals surface area contributed by atoms with E-state index in [-0.39, 0.29) is 0 Å². The Morgan fingerprint density at radius 3 is 2.73 bits per heavy atom. The van der Waals surface area contributed by atoms with E-state index in [1.165, 1.54) is 11.8 Å². The van der Waals surface area contributed by atoms with Crippen LogP contribution in [0.1, 0.15) is 26.7 Å². The lowest BCUT2D eigenvalue weighted by atomic mass is 9.83. The molecule has 1 aliphatic rings. The van der Waals surface area contributed by atoms with Gasteiger partial charge in [-0.1, -0.05) is 54.5 Å². The van der Waals surface area contributed by atoms with E-state index in [4.69, 9.17) is 22.9 Å². The van der Waals surface area contributed by atoms with Crippen LogP contribution in [-0.2, 0) is 0 Å². The molecule has 0 aliphatic carbocycles. The van der Waals surface area contributed by atoms with Gasteiger partial charge in [0.1, 0.15) is 10.8 Å². The minimum absolute atomic E-state index is 0.364. The molecule has 0 amide bonds. The highest BCUT2D eigenvalue weighted by atomic mass is 35.5. The van der Waals surface area contributed by atoms with Gasteiger partial charge in [-0.15, -0.1) is 0 Å². The molecule has 0 spiro atoms. The number of hydrogen-bond acceptors (Lipinski definition) is 6. The van der Waals surface area contributed by atoms with Gasteiger partial charge in [0.25, 0.3) is 0 Å². The Morgan fingerprint density at radius 1 is 1.35 bits per heavy atom. The number of nitrogens with zero attached hydrogens (tertiary/aromatic N) is 6. The number of rotatable bonds is 4. The lowest BCUT2D eigenvalue weighted by molar-refractivity contribution is 0.279. The maximum atomic E-state index is 8.60. The molecule has 1 aliphatic heterocycles. The SMILES string of the molecule is CC1(C)CCN(c2cnc(Sc3cccc(N=[N+]=[N-])c3Cl)c(N)n2)CC1. The zero-order valence-corrected chi connectivity index (χ0v) is 16.3. The molecule has 136 valence electrons. The molecule has 1 aromatic heterocycles. The highest BCUT2D eigenvalue weighted by Gasteiger charge is 2.26. The van der Waals surface area contributed by atoms with E-state index in [0.29, 0.717) is 31.9 Å². The van der Waals surface area contributed by atoms with E-state index >= 15 is 0 Å². The number of azide groups is 1. The summed E-state index contributed by atoms with van der Waals surface area (Å²) in [6, 6.07) is 5.25. The Bertz CT molecular complexity index is 854. The van der Waals surface area contributed by atoms with E-state index in [0.717, 1.165) is 31.7 Å². The standard InChI is InChI=1S/C17H20ClN7S/c1-17(2)6-8-25(9-7-17)13-10-21-16(15(19)22-13)26-12-5-3-4-11(14(12)18)23-24-20/h3-5,10H,6-9H2,1-2H3,(H2,19,22). The number of aromatic nitrogens is 2. The molecule has 1 fully saturated rings. The maximum absolute atomic E-state index is 8.60. The molecule has 26 heavy (non-hydrogen) atoms. The third-order valence-electron chi connectivity index (χ3n) is 4.49. The third-order valence-corrected chi connectivity index (χ3v) is 6.07. The summed E-state index contributed by atoms with van der Waals surface area (Å²) >= 11 is 7.59. The molecule has 2 heterocycles. The zero-order chi connectivity index (χ0) is 18.7. The quantitative estimate of drug-likeness (QED) is 0.426. The smallest absolute Gasteiger partial charge is 0.158 e. The van der Waals surface area contributed by atoms with Crippen molar-refractivity contribution in [3.05, 3.63) is 39.9 Å². The normalized spacial score (nSPS) is 16.2. The summed E-state index contributed by atoms with van der Waals surface area (Å²) in [5.74, 6) is 1.17. The molecule has 2 aromatic rings. The number of anilines is 2. The van der Waals surface area contributed by atoms with Crippen LogP contribution in [0.2, 0.25) is 5.02 Å². The summed E-state index contributed by atoms with van der Waals surface area (Å²) in [6.07, 6.45) is 3.99. The predicted octanol–water partition coefficient (Wildman–Crippen LogP) is 5.43. The van der Waals surface area contributed by atoms with Crippen molar-refractivity contribution in [2.24, 2.45) is 10.5 Å². The first kappa shape index (κ1) is 18.6. The molecule has 0 unspecified atom stereocenters. The Kier molecular flexibility index (Phi) is 5.46. The highest BCUT2D eigenvalue weighted by molar-refractivity contribution is 7.99. The summed E-state index contributed by atoms with van der Waals surface area (Å²) in [6.45, 7) is 6.48.